The predicted octanol–water partition coefficient (Wildman–Crippen LogP) is 4.99. The van der Waals surface area contributed by atoms with Crippen molar-refractivity contribution >= 4 is 0 Å². The van der Waals surface area contributed by atoms with Gasteiger partial charge in [0.25, 0.3) is 5.56 Å². The molecule has 0 bridgehead atoms. The first-order valence-corrected chi connectivity index (χ1v) is 13.5. The maximum absolute atomic E-state index is 14.2. The molecule has 9 heteroatoms. The first-order valence-electron chi connectivity index (χ1n) is 13.5. The van der Waals surface area contributed by atoms with E-state index in [2.05, 4.69) is 21.9 Å². The Morgan fingerprint density at radius 1 is 0.905 bits per heavy atom. The van der Waals surface area contributed by atoms with Crippen LogP contribution in [-0.4, -0.2) is 41.3 Å². The van der Waals surface area contributed by atoms with Crippen LogP contribution in [-0.2, 0) is 11.0 Å². The van der Waals surface area contributed by atoms with Crippen LogP contribution < -0.4 is 24.5 Å². The quantitative estimate of drug-likeness (QED) is 0.309. The second-order valence-electron chi connectivity index (χ2n) is 10.5. The Bertz CT molecular complexity index is 1860. The smallest absolute Gasteiger partial charge is 0.255 e. The summed E-state index contributed by atoms with van der Waals surface area (Å²) >= 11 is 0. The lowest BCUT2D eigenvalue weighted by Gasteiger charge is -2.41. The number of benzene rings is 3. The maximum atomic E-state index is 14.2. The highest BCUT2D eigenvalue weighted by Gasteiger charge is 2.71. The Balaban J connectivity index is 1.64. The van der Waals surface area contributed by atoms with Crippen LogP contribution in [0.4, 0.5) is 0 Å². The van der Waals surface area contributed by atoms with E-state index in [0.717, 1.165) is 16.7 Å². The number of rotatable bonds is 6. The van der Waals surface area contributed by atoms with Crippen molar-refractivity contribution in [3.05, 3.63) is 124 Å². The molecule has 7 rings (SSSR count). The standard InChI is InChI=1S/C33H28N4O5/c1-32-28-24(41-4)16-22(40-3)17-25(28)42-33(32,20-10-12-21(39-2)13-11-20)27(19-8-6-5-7-9-19)26-29(32)36-30(37-31(26)38)23-18-34-14-15-35-23/h5-18,27H,1-4H3,(H,36,37,38)/t27-,32?,33+/m1/s1. The van der Waals surface area contributed by atoms with Gasteiger partial charge >= 0.3 is 0 Å². The van der Waals surface area contributed by atoms with Crippen LogP contribution in [0.3, 0.4) is 0 Å². The highest BCUT2D eigenvalue weighted by Crippen LogP contribution is 2.70. The molecule has 2 aromatic heterocycles. The molecule has 0 radical (unpaired) electrons. The number of hydrogen-bond acceptors (Lipinski definition) is 8. The molecule has 0 saturated carbocycles. The molecule has 0 fully saturated rings. The number of nitrogens with zero attached hydrogens (tertiary/aromatic N) is 3. The predicted molar refractivity (Wildman–Crippen MR) is 155 cm³/mol. The Morgan fingerprint density at radius 2 is 1.67 bits per heavy atom. The molecule has 1 unspecified atom stereocenters. The fourth-order valence-corrected chi connectivity index (χ4v) is 6.80. The van der Waals surface area contributed by atoms with Crippen molar-refractivity contribution in [3.63, 3.8) is 0 Å². The molecule has 0 saturated heterocycles. The fraction of sp³-hybridized carbons (Fsp3) is 0.212. The van der Waals surface area contributed by atoms with Gasteiger partial charge in [0, 0.05) is 24.5 Å². The molecular formula is C33H28N4O5. The van der Waals surface area contributed by atoms with Gasteiger partial charge in [-0.3, -0.25) is 9.78 Å². The normalized spacial score (nSPS) is 21.6. The van der Waals surface area contributed by atoms with Gasteiger partial charge in [0.1, 0.15) is 28.7 Å². The SMILES string of the molecule is COc1ccc([C@@]23Oc4cc(OC)cc(OC)c4C2(C)c2nc(-c4cnccn4)[nH]c(=O)c2[C@H]3c2ccccc2)cc1. The highest BCUT2D eigenvalue weighted by molar-refractivity contribution is 5.70. The zero-order valence-corrected chi connectivity index (χ0v) is 23.5. The molecule has 42 heavy (non-hydrogen) atoms. The van der Waals surface area contributed by atoms with E-state index < -0.39 is 16.9 Å². The summed E-state index contributed by atoms with van der Waals surface area (Å²) in [5.74, 6) is 2.26. The van der Waals surface area contributed by atoms with E-state index in [9.17, 15) is 4.79 Å². The molecule has 2 aliphatic rings. The lowest BCUT2D eigenvalue weighted by atomic mass is 9.64. The van der Waals surface area contributed by atoms with Crippen molar-refractivity contribution in [1.29, 1.82) is 0 Å². The Hall–Kier alpha value is -5.18. The fourth-order valence-electron chi connectivity index (χ4n) is 6.80. The largest absolute Gasteiger partial charge is 0.497 e. The Morgan fingerprint density at radius 3 is 2.33 bits per heavy atom. The van der Waals surface area contributed by atoms with Crippen molar-refractivity contribution in [2.45, 2.75) is 23.9 Å². The van der Waals surface area contributed by atoms with Crippen LogP contribution in [0, 0.1) is 0 Å². The monoisotopic (exact) mass is 560 g/mol. The molecule has 3 aromatic carbocycles. The molecule has 0 spiro atoms. The number of ether oxygens (including phenoxy) is 4. The van der Waals surface area contributed by atoms with Crippen LogP contribution in [0.5, 0.6) is 23.0 Å². The van der Waals surface area contributed by atoms with Gasteiger partial charge in [-0.15, -0.1) is 0 Å². The number of methoxy groups -OCH3 is 3. The van der Waals surface area contributed by atoms with E-state index in [1.54, 1.807) is 39.9 Å². The average molecular weight is 561 g/mol. The molecule has 9 nitrogen and oxygen atoms in total. The molecule has 5 aromatic rings. The summed E-state index contributed by atoms with van der Waals surface area (Å²) in [7, 11) is 4.85. The molecule has 1 N–H and O–H groups in total. The van der Waals surface area contributed by atoms with Crippen molar-refractivity contribution < 1.29 is 18.9 Å². The summed E-state index contributed by atoms with van der Waals surface area (Å²) in [4.78, 5) is 31.0. The zero-order chi connectivity index (χ0) is 29.1. The lowest BCUT2D eigenvalue weighted by Crippen LogP contribution is -2.48. The number of nitrogens with one attached hydrogen (secondary N) is 1. The van der Waals surface area contributed by atoms with Crippen molar-refractivity contribution in [2.24, 2.45) is 0 Å². The van der Waals surface area contributed by atoms with Crippen molar-refractivity contribution in [1.82, 2.24) is 19.9 Å². The minimum Gasteiger partial charge on any atom is -0.497 e. The number of H-pyrrole nitrogens is 1. The third-order valence-electron chi connectivity index (χ3n) is 8.59. The lowest BCUT2D eigenvalue weighted by molar-refractivity contribution is 0.0339. The second kappa shape index (κ2) is 9.44. The summed E-state index contributed by atoms with van der Waals surface area (Å²) in [5.41, 5.74) is 1.73. The third kappa shape index (κ3) is 3.36. The zero-order valence-electron chi connectivity index (χ0n) is 23.5. The van der Waals surface area contributed by atoms with Gasteiger partial charge in [-0.05, 0) is 30.2 Å². The van der Waals surface area contributed by atoms with Gasteiger partial charge in [-0.2, -0.15) is 0 Å². The summed E-state index contributed by atoms with van der Waals surface area (Å²) in [6, 6.07) is 21.4. The minimum atomic E-state index is -1.13. The van der Waals surface area contributed by atoms with Crippen LogP contribution in [0.15, 0.2) is 90.1 Å². The Labute approximate surface area is 242 Å². The van der Waals surface area contributed by atoms with E-state index in [-0.39, 0.29) is 5.56 Å². The summed E-state index contributed by atoms with van der Waals surface area (Å²) in [5, 5.41) is 0. The van der Waals surface area contributed by atoms with Gasteiger partial charge in [0.2, 0.25) is 0 Å². The third-order valence-corrected chi connectivity index (χ3v) is 8.59. The maximum Gasteiger partial charge on any atom is 0.255 e. The molecule has 0 amide bonds. The Kier molecular flexibility index (Phi) is 5.79. The summed E-state index contributed by atoms with van der Waals surface area (Å²) in [6.45, 7) is 2.08. The number of aromatic amines is 1. The van der Waals surface area contributed by atoms with Crippen LogP contribution in [0.2, 0.25) is 0 Å². The number of fused-ring (bicyclic) bond motifs is 5. The topological polar surface area (TPSA) is 108 Å². The van der Waals surface area contributed by atoms with Crippen molar-refractivity contribution in [3.8, 4) is 34.5 Å². The highest BCUT2D eigenvalue weighted by atomic mass is 16.5. The van der Waals surface area contributed by atoms with E-state index in [1.165, 1.54) is 0 Å². The first kappa shape index (κ1) is 25.8. The van der Waals surface area contributed by atoms with E-state index in [4.69, 9.17) is 23.9 Å². The molecule has 3 atom stereocenters. The van der Waals surface area contributed by atoms with Gasteiger partial charge in [-0.25, -0.2) is 9.97 Å². The molecule has 3 heterocycles. The van der Waals surface area contributed by atoms with Gasteiger partial charge in [-0.1, -0.05) is 42.5 Å². The van der Waals surface area contributed by atoms with Gasteiger partial charge in [0.15, 0.2) is 11.4 Å². The molecule has 1 aliphatic carbocycles. The van der Waals surface area contributed by atoms with Gasteiger partial charge in [0.05, 0.1) is 55.7 Å². The number of hydrogen-bond donors (Lipinski definition) is 1. The van der Waals surface area contributed by atoms with Crippen LogP contribution in [0.25, 0.3) is 11.5 Å². The first-order chi connectivity index (χ1) is 20.5. The van der Waals surface area contributed by atoms with Gasteiger partial charge < -0.3 is 23.9 Å². The summed E-state index contributed by atoms with van der Waals surface area (Å²) in [6.07, 6.45) is 4.73. The van der Waals surface area contributed by atoms with Crippen LogP contribution in [0.1, 0.15) is 40.8 Å². The van der Waals surface area contributed by atoms with E-state index >= 15 is 0 Å². The van der Waals surface area contributed by atoms with E-state index in [1.807, 2.05) is 66.7 Å². The van der Waals surface area contributed by atoms with E-state index in [0.29, 0.717) is 45.8 Å². The van der Waals surface area contributed by atoms with Crippen molar-refractivity contribution in [2.75, 3.05) is 21.3 Å². The molecule has 210 valence electrons. The molecular weight excluding hydrogens is 532 g/mol. The number of aromatic nitrogens is 4. The summed E-state index contributed by atoms with van der Waals surface area (Å²) < 4.78 is 24.3. The molecule has 1 aliphatic heterocycles. The second-order valence-corrected chi connectivity index (χ2v) is 10.5. The van der Waals surface area contributed by atoms with Crippen LogP contribution >= 0.6 is 0 Å². The average Bonchev–Trinajstić information content (AvgIpc) is 3.44. The minimum absolute atomic E-state index is 0.268.